The molecule has 1 unspecified atom stereocenters. The van der Waals surface area contributed by atoms with Crippen molar-refractivity contribution in [3.8, 4) is 0 Å². The second-order valence-corrected chi connectivity index (χ2v) is 3.02. The summed E-state index contributed by atoms with van der Waals surface area (Å²) in [5.74, 6) is -0.340. The van der Waals surface area contributed by atoms with Crippen molar-refractivity contribution in [1.29, 1.82) is 0 Å². The van der Waals surface area contributed by atoms with E-state index in [1.54, 1.807) is 4.90 Å². The van der Waals surface area contributed by atoms with Gasteiger partial charge in [0.1, 0.15) is 6.80 Å². The Hall–Kier alpha value is -0.680. The second-order valence-electron chi connectivity index (χ2n) is 3.02. The summed E-state index contributed by atoms with van der Waals surface area (Å²) in [5.41, 5.74) is 5.02. The molecule has 1 saturated heterocycles. The van der Waals surface area contributed by atoms with Crippen LogP contribution in [0.2, 0.25) is 0 Å². The Morgan fingerprint density at radius 2 is 2.50 bits per heavy atom. The zero-order valence-corrected chi connectivity index (χ0v) is 6.92. The average Bonchev–Trinajstić information content (AvgIpc) is 2.03. The lowest BCUT2D eigenvalue weighted by Gasteiger charge is -2.30. The first kappa shape index (κ1) is 9.41. The summed E-state index contributed by atoms with van der Waals surface area (Å²) in [6.07, 6.45) is 0.288. The predicted molar refractivity (Wildman–Crippen MR) is 43.2 cm³/mol. The molecular formula is C7H14FN3O. The summed E-state index contributed by atoms with van der Waals surface area (Å²) in [6.45, 7) is 1.55. The minimum absolute atomic E-state index is 0.0204. The summed E-state index contributed by atoms with van der Waals surface area (Å²) in [4.78, 5) is 12.2. The molecule has 0 bridgehead atoms. The molecule has 1 heterocycles. The predicted octanol–water partition coefficient (Wildman–Crippen LogP) is -0.937. The normalized spacial score (nSPS) is 25.6. The number of amides is 1. The van der Waals surface area contributed by atoms with Crippen LogP contribution in [0.15, 0.2) is 0 Å². The molecule has 70 valence electrons. The number of nitrogens with two attached hydrogens (primary N) is 1. The van der Waals surface area contributed by atoms with Gasteiger partial charge >= 0.3 is 0 Å². The van der Waals surface area contributed by atoms with Crippen LogP contribution in [0.3, 0.4) is 0 Å². The van der Waals surface area contributed by atoms with Crippen LogP contribution in [-0.4, -0.2) is 43.3 Å². The van der Waals surface area contributed by atoms with Crippen molar-refractivity contribution in [2.75, 3.05) is 26.4 Å². The van der Waals surface area contributed by atoms with Crippen molar-refractivity contribution in [2.24, 2.45) is 5.73 Å². The fraction of sp³-hybridized carbons (Fsp3) is 0.857. The number of primary amides is 1. The molecule has 4 nitrogen and oxygen atoms in total. The van der Waals surface area contributed by atoms with E-state index >= 15 is 0 Å². The molecule has 1 amide bonds. The van der Waals surface area contributed by atoms with Crippen molar-refractivity contribution in [2.45, 2.75) is 12.5 Å². The van der Waals surface area contributed by atoms with Gasteiger partial charge in [-0.1, -0.05) is 0 Å². The van der Waals surface area contributed by atoms with Crippen LogP contribution in [0.25, 0.3) is 0 Å². The van der Waals surface area contributed by atoms with E-state index in [0.717, 1.165) is 6.54 Å². The van der Waals surface area contributed by atoms with Gasteiger partial charge in [-0.25, -0.2) is 4.39 Å². The highest BCUT2D eigenvalue weighted by atomic mass is 19.1. The van der Waals surface area contributed by atoms with Gasteiger partial charge in [0.25, 0.3) is 0 Å². The molecule has 1 aliphatic rings. The lowest BCUT2D eigenvalue weighted by atomic mass is 10.1. The smallest absolute Gasteiger partial charge is 0.219 e. The maximum Gasteiger partial charge on any atom is 0.219 e. The summed E-state index contributed by atoms with van der Waals surface area (Å²) in [5, 5.41) is 3.11. The molecule has 1 rings (SSSR count). The number of alkyl halides is 1. The molecule has 3 N–H and O–H groups in total. The first-order chi connectivity index (χ1) is 5.72. The molecule has 0 saturated carbocycles. The molecule has 0 aliphatic carbocycles. The SMILES string of the molecule is NC(=O)CC1CN(CF)CCN1. The summed E-state index contributed by atoms with van der Waals surface area (Å²) < 4.78 is 12.2. The fourth-order valence-electron chi connectivity index (χ4n) is 1.38. The molecule has 5 heteroatoms. The number of hydrogen-bond acceptors (Lipinski definition) is 3. The number of hydrogen-bond donors (Lipinski definition) is 2. The lowest BCUT2D eigenvalue weighted by Crippen LogP contribution is -2.51. The molecule has 0 aromatic rings. The van der Waals surface area contributed by atoms with Crippen molar-refractivity contribution in [1.82, 2.24) is 10.2 Å². The Balaban J connectivity index is 2.30. The molecule has 0 radical (unpaired) electrons. The topological polar surface area (TPSA) is 58.4 Å². The van der Waals surface area contributed by atoms with E-state index in [-0.39, 0.29) is 18.4 Å². The van der Waals surface area contributed by atoms with Gasteiger partial charge in [0.2, 0.25) is 5.91 Å². The second kappa shape index (κ2) is 4.37. The van der Waals surface area contributed by atoms with Crippen molar-refractivity contribution in [3.05, 3.63) is 0 Å². The monoisotopic (exact) mass is 175 g/mol. The third-order valence-corrected chi connectivity index (χ3v) is 1.96. The van der Waals surface area contributed by atoms with E-state index in [9.17, 15) is 9.18 Å². The van der Waals surface area contributed by atoms with E-state index in [1.165, 1.54) is 0 Å². The largest absolute Gasteiger partial charge is 0.370 e. The van der Waals surface area contributed by atoms with Crippen LogP contribution < -0.4 is 11.1 Å². The zero-order valence-electron chi connectivity index (χ0n) is 6.92. The third-order valence-electron chi connectivity index (χ3n) is 1.96. The number of rotatable bonds is 3. The van der Waals surface area contributed by atoms with Crippen molar-refractivity contribution in [3.63, 3.8) is 0 Å². The summed E-state index contributed by atoms with van der Waals surface area (Å²) in [7, 11) is 0. The highest BCUT2D eigenvalue weighted by Crippen LogP contribution is 2.01. The minimum atomic E-state index is -0.447. The number of carbonyl (C=O) groups is 1. The Morgan fingerprint density at radius 3 is 3.08 bits per heavy atom. The molecule has 0 aromatic heterocycles. The highest BCUT2D eigenvalue weighted by Gasteiger charge is 2.19. The fourth-order valence-corrected chi connectivity index (χ4v) is 1.38. The quantitative estimate of drug-likeness (QED) is 0.544. The first-order valence-electron chi connectivity index (χ1n) is 4.02. The Labute approximate surface area is 70.9 Å². The van der Waals surface area contributed by atoms with Gasteiger partial charge in [0.15, 0.2) is 0 Å². The molecular weight excluding hydrogens is 161 g/mol. The van der Waals surface area contributed by atoms with E-state index < -0.39 is 6.80 Å². The Morgan fingerprint density at radius 1 is 1.75 bits per heavy atom. The van der Waals surface area contributed by atoms with Crippen molar-refractivity contribution >= 4 is 5.91 Å². The van der Waals surface area contributed by atoms with Crippen LogP contribution in [-0.2, 0) is 4.79 Å². The molecule has 0 spiro atoms. The standard InChI is InChI=1S/C7H14FN3O/c8-5-11-2-1-10-6(4-11)3-7(9)12/h6,10H,1-5H2,(H2,9,12). The minimum Gasteiger partial charge on any atom is -0.370 e. The van der Waals surface area contributed by atoms with Crippen LogP contribution in [0.1, 0.15) is 6.42 Å². The van der Waals surface area contributed by atoms with Crippen molar-refractivity contribution < 1.29 is 9.18 Å². The maximum absolute atomic E-state index is 12.2. The van der Waals surface area contributed by atoms with Crippen LogP contribution >= 0.6 is 0 Å². The van der Waals surface area contributed by atoms with Gasteiger partial charge in [-0.05, 0) is 0 Å². The van der Waals surface area contributed by atoms with E-state index in [1.807, 2.05) is 0 Å². The summed E-state index contributed by atoms with van der Waals surface area (Å²) in [6, 6.07) is 0.0204. The third kappa shape index (κ3) is 2.75. The Bertz CT molecular complexity index is 165. The van der Waals surface area contributed by atoms with Gasteiger partial charge in [0, 0.05) is 32.1 Å². The summed E-state index contributed by atoms with van der Waals surface area (Å²) >= 11 is 0. The number of halogens is 1. The molecule has 12 heavy (non-hydrogen) atoms. The molecule has 0 aromatic carbocycles. The zero-order chi connectivity index (χ0) is 8.97. The molecule has 1 fully saturated rings. The number of nitrogens with one attached hydrogen (secondary N) is 1. The van der Waals surface area contributed by atoms with Gasteiger partial charge in [-0.3, -0.25) is 9.69 Å². The first-order valence-corrected chi connectivity index (χ1v) is 4.02. The van der Waals surface area contributed by atoms with Crippen LogP contribution in [0.4, 0.5) is 4.39 Å². The maximum atomic E-state index is 12.2. The number of piperazine rings is 1. The number of carbonyl (C=O) groups excluding carboxylic acids is 1. The van der Waals surface area contributed by atoms with Crippen LogP contribution in [0.5, 0.6) is 0 Å². The number of nitrogens with zero attached hydrogens (tertiary/aromatic N) is 1. The average molecular weight is 175 g/mol. The highest BCUT2D eigenvalue weighted by molar-refractivity contribution is 5.74. The van der Waals surface area contributed by atoms with Gasteiger partial charge in [-0.2, -0.15) is 0 Å². The van der Waals surface area contributed by atoms with Gasteiger partial charge in [0.05, 0.1) is 0 Å². The van der Waals surface area contributed by atoms with E-state index in [2.05, 4.69) is 5.32 Å². The molecule has 1 atom stereocenters. The van der Waals surface area contributed by atoms with Gasteiger partial charge < -0.3 is 11.1 Å². The van der Waals surface area contributed by atoms with E-state index in [4.69, 9.17) is 5.73 Å². The van der Waals surface area contributed by atoms with E-state index in [0.29, 0.717) is 13.1 Å². The van der Waals surface area contributed by atoms with Gasteiger partial charge in [-0.15, -0.1) is 0 Å². The lowest BCUT2D eigenvalue weighted by molar-refractivity contribution is -0.118. The Kier molecular flexibility index (Phi) is 3.43. The molecule has 1 aliphatic heterocycles. The van der Waals surface area contributed by atoms with Crippen LogP contribution in [0, 0.1) is 0 Å².